The van der Waals surface area contributed by atoms with Gasteiger partial charge in [0.1, 0.15) is 11.5 Å². The van der Waals surface area contributed by atoms with Gasteiger partial charge in [0.05, 0.1) is 13.2 Å². The van der Waals surface area contributed by atoms with Crippen LogP contribution in [0.2, 0.25) is 0 Å². The van der Waals surface area contributed by atoms with E-state index in [9.17, 15) is 5.11 Å². The number of nitrogens with one attached hydrogen (secondary N) is 1. The molecule has 182 valence electrons. The quantitative estimate of drug-likeness (QED) is 0.611. The largest absolute Gasteiger partial charge is 0.508 e. The van der Waals surface area contributed by atoms with E-state index in [1.54, 1.807) is 49.5 Å². The lowest BCUT2D eigenvalue weighted by Gasteiger charge is -2.58. The molecule has 3 N–H and O–H groups in total. The molecule has 5 rings (SSSR count). The highest BCUT2D eigenvalue weighted by molar-refractivity contribution is 5.85. The van der Waals surface area contributed by atoms with Gasteiger partial charge in [0.15, 0.2) is 0 Å². The van der Waals surface area contributed by atoms with E-state index in [2.05, 4.69) is 35.5 Å². The number of phenols is 1. The van der Waals surface area contributed by atoms with E-state index in [-0.39, 0.29) is 18.2 Å². The molecule has 4 atom stereocenters. The number of hydrogen-bond donors (Lipinski definition) is 3. The number of aliphatic hydroxyl groups excluding tert-OH is 1. The maximum Gasteiger partial charge on any atom is 0.119 e. The van der Waals surface area contributed by atoms with E-state index in [0.717, 1.165) is 23.3 Å². The van der Waals surface area contributed by atoms with Crippen molar-refractivity contribution in [1.82, 2.24) is 10.2 Å². The van der Waals surface area contributed by atoms with E-state index in [1.165, 1.54) is 45.1 Å². The van der Waals surface area contributed by atoms with Crippen LogP contribution in [0.5, 0.6) is 11.5 Å². The number of rotatable bonds is 4. The van der Waals surface area contributed by atoms with Crippen LogP contribution >= 0.6 is 12.4 Å². The van der Waals surface area contributed by atoms with Gasteiger partial charge in [-0.05, 0) is 93.2 Å². The molecular formula is C27H39ClN2O3. The number of hydrogen-bond acceptors (Lipinski definition) is 5. The minimum absolute atomic E-state index is 0. The van der Waals surface area contributed by atoms with Gasteiger partial charge in [-0.2, -0.15) is 0 Å². The van der Waals surface area contributed by atoms with Crippen molar-refractivity contribution in [2.45, 2.75) is 56.1 Å². The summed E-state index contributed by atoms with van der Waals surface area (Å²) in [6, 6.07) is 14.2. The summed E-state index contributed by atoms with van der Waals surface area (Å²) in [6.45, 7) is 1.75. The lowest BCUT2D eigenvalue weighted by Crippen LogP contribution is -2.59. The molecule has 33 heavy (non-hydrogen) atoms. The Balaban J connectivity index is 0.000000205. The summed E-state index contributed by atoms with van der Waals surface area (Å²) in [5.74, 6) is 2.09. The maximum atomic E-state index is 9.47. The van der Waals surface area contributed by atoms with Gasteiger partial charge >= 0.3 is 0 Å². The first-order valence-corrected chi connectivity index (χ1v) is 12.0. The second-order valence-electron chi connectivity index (χ2n) is 9.70. The molecule has 1 aliphatic heterocycles. The third-order valence-corrected chi connectivity index (χ3v) is 7.97. The Kier molecular flexibility index (Phi) is 8.68. The highest BCUT2D eigenvalue weighted by atomic mass is 35.5. The second-order valence-corrected chi connectivity index (χ2v) is 9.70. The molecule has 0 aromatic heterocycles. The average Bonchev–Trinajstić information content (AvgIpc) is 2.82. The van der Waals surface area contributed by atoms with Crippen molar-refractivity contribution in [3.63, 3.8) is 0 Å². The van der Waals surface area contributed by atoms with Gasteiger partial charge in [0.2, 0.25) is 0 Å². The number of aliphatic hydroxyl groups is 1. The first kappa shape index (κ1) is 25.8. The van der Waals surface area contributed by atoms with E-state index in [1.807, 2.05) is 0 Å². The third-order valence-electron chi connectivity index (χ3n) is 7.97. The van der Waals surface area contributed by atoms with E-state index in [0.29, 0.717) is 12.0 Å². The Bertz CT molecular complexity index is 924. The van der Waals surface area contributed by atoms with Crippen molar-refractivity contribution in [3.8, 4) is 11.5 Å². The minimum Gasteiger partial charge on any atom is -0.508 e. The Morgan fingerprint density at radius 3 is 2.73 bits per heavy atom. The number of methoxy groups -OCH3 is 1. The number of likely N-dealkylation sites (tertiary alicyclic amines) is 1. The van der Waals surface area contributed by atoms with Crippen molar-refractivity contribution in [1.29, 1.82) is 0 Å². The summed E-state index contributed by atoms with van der Waals surface area (Å²) in [5, 5.41) is 21.4. The fourth-order valence-electron chi connectivity index (χ4n) is 6.35. The summed E-state index contributed by atoms with van der Waals surface area (Å²) < 4.78 is 5.51. The Labute approximate surface area is 204 Å². The number of benzene rings is 2. The maximum absolute atomic E-state index is 9.47. The molecule has 1 saturated carbocycles. The Morgan fingerprint density at radius 2 is 2.00 bits per heavy atom. The number of ether oxygens (including phenoxy) is 1. The van der Waals surface area contributed by atoms with Crippen LogP contribution in [0.25, 0.3) is 0 Å². The van der Waals surface area contributed by atoms with Crippen LogP contribution < -0.4 is 10.1 Å². The van der Waals surface area contributed by atoms with Crippen LogP contribution in [0.3, 0.4) is 0 Å². The molecule has 1 saturated heterocycles. The van der Waals surface area contributed by atoms with Crippen molar-refractivity contribution in [3.05, 3.63) is 59.2 Å². The molecule has 3 aliphatic rings. The molecule has 0 radical (unpaired) electrons. The molecule has 2 bridgehead atoms. The van der Waals surface area contributed by atoms with E-state index in [4.69, 9.17) is 9.84 Å². The Morgan fingerprint density at radius 1 is 1.18 bits per heavy atom. The van der Waals surface area contributed by atoms with Gasteiger partial charge < -0.3 is 25.2 Å². The van der Waals surface area contributed by atoms with E-state index < -0.39 is 6.10 Å². The fourth-order valence-corrected chi connectivity index (χ4v) is 6.35. The lowest BCUT2D eigenvalue weighted by molar-refractivity contribution is 0.00274. The normalized spacial score (nSPS) is 26.5. The second kappa shape index (κ2) is 11.1. The van der Waals surface area contributed by atoms with E-state index >= 15 is 0 Å². The summed E-state index contributed by atoms with van der Waals surface area (Å²) in [5.41, 5.74) is 4.40. The Hall–Kier alpha value is -1.79. The molecule has 2 fully saturated rings. The zero-order valence-electron chi connectivity index (χ0n) is 20.1. The molecular weight excluding hydrogens is 436 g/mol. The average molecular weight is 475 g/mol. The molecule has 0 spiro atoms. The first-order chi connectivity index (χ1) is 15.5. The van der Waals surface area contributed by atoms with Crippen LogP contribution in [-0.4, -0.2) is 55.4 Å². The van der Waals surface area contributed by atoms with Gasteiger partial charge in [0, 0.05) is 18.0 Å². The highest BCUT2D eigenvalue weighted by Gasteiger charge is 2.53. The summed E-state index contributed by atoms with van der Waals surface area (Å²) in [7, 11) is 5.89. The minimum atomic E-state index is -0.554. The number of phenolic OH excluding ortho intramolecular Hbond substituents is 1. The van der Waals surface area contributed by atoms with Crippen molar-refractivity contribution in [2.75, 3.05) is 34.3 Å². The van der Waals surface area contributed by atoms with Crippen LogP contribution in [0, 0.1) is 5.92 Å². The number of aromatic hydroxyl groups is 1. The van der Waals surface area contributed by atoms with Gasteiger partial charge in [-0.15, -0.1) is 12.4 Å². The molecule has 1 heterocycles. The van der Waals surface area contributed by atoms with Crippen molar-refractivity contribution >= 4 is 12.4 Å². The van der Waals surface area contributed by atoms with Crippen molar-refractivity contribution < 1.29 is 14.9 Å². The molecule has 6 heteroatoms. The van der Waals surface area contributed by atoms with Gasteiger partial charge in [-0.3, -0.25) is 0 Å². The molecule has 2 aliphatic carbocycles. The highest BCUT2D eigenvalue weighted by Crippen LogP contribution is 2.55. The summed E-state index contributed by atoms with van der Waals surface area (Å²) in [4.78, 5) is 2.63. The molecule has 0 amide bonds. The van der Waals surface area contributed by atoms with Gasteiger partial charge in [0.25, 0.3) is 0 Å². The number of fused-ring (bicyclic) bond motifs is 1. The third kappa shape index (κ3) is 5.17. The number of nitrogens with zero attached hydrogens (tertiary/aromatic N) is 1. The molecule has 2 aromatic carbocycles. The van der Waals surface area contributed by atoms with Gasteiger partial charge in [-0.25, -0.2) is 0 Å². The zero-order chi connectivity index (χ0) is 22.7. The van der Waals surface area contributed by atoms with Crippen LogP contribution in [0.1, 0.15) is 54.9 Å². The standard InChI is InChI=1S/C18H25NO.C9H13NO2.ClH/c1-19-10-9-18-8-4-3-5-15(18)17(19)11-13-6-7-14(20-2)12-16(13)18;1-10-6-9(12)7-3-2-4-8(11)5-7;/h6-7,12,15,17H,3-5,8-11H2,1-2H3;2-5,9-12H,6H2,1H3;1H/t15-,17+,18+;9-;/m10./s1. The smallest absolute Gasteiger partial charge is 0.119 e. The zero-order valence-corrected chi connectivity index (χ0v) is 20.9. The lowest BCUT2D eigenvalue weighted by atomic mass is 9.52. The SMILES string of the molecule is CNC[C@H](O)c1cccc(O)c1.COc1ccc2c(c1)[C@]13CCCC[C@@H]1[C@H](C2)N(C)CC3.Cl. The van der Waals surface area contributed by atoms with Crippen LogP contribution in [-0.2, 0) is 11.8 Å². The monoisotopic (exact) mass is 474 g/mol. The van der Waals surface area contributed by atoms with Crippen molar-refractivity contribution in [2.24, 2.45) is 5.92 Å². The topological polar surface area (TPSA) is 65.0 Å². The number of halogens is 1. The summed E-state index contributed by atoms with van der Waals surface area (Å²) in [6.07, 6.45) is 7.67. The molecule has 5 nitrogen and oxygen atoms in total. The van der Waals surface area contributed by atoms with Gasteiger partial charge in [-0.1, -0.05) is 31.0 Å². The fraction of sp³-hybridized carbons (Fsp3) is 0.556. The molecule has 0 unspecified atom stereocenters. The molecule has 2 aromatic rings. The van der Waals surface area contributed by atoms with Crippen LogP contribution in [0.4, 0.5) is 0 Å². The number of likely N-dealkylation sites (N-methyl/N-ethyl adjacent to an activating group) is 2. The predicted octanol–water partition coefficient (Wildman–Crippen LogP) is 4.45. The van der Waals surface area contributed by atoms with Crippen LogP contribution in [0.15, 0.2) is 42.5 Å². The summed E-state index contributed by atoms with van der Waals surface area (Å²) >= 11 is 0. The first-order valence-electron chi connectivity index (χ1n) is 12.0. The number of piperidine rings is 1. The predicted molar refractivity (Wildman–Crippen MR) is 136 cm³/mol.